The topological polar surface area (TPSA) is 13.1 Å². The van der Waals surface area contributed by atoms with Crippen LogP contribution in [0, 0.1) is 0 Å². The molecule has 0 spiro atoms. The Morgan fingerprint density at radius 3 is 1.70 bits per heavy atom. The minimum atomic E-state index is -1.09. The number of fused-ring (bicyclic) bond motifs is 6. The van der Waals surface area contributed by atoms with Crippen molar-refractivity contribution < 1.29 is 45.5 Å². The Labute approximate surface area is 332 Å². The van der Waals surface area contributed by atoms with Crippen molar-refractivity contribution in [3.8, 4) is 33.4 Å². The van der Waals surface area contributed by atoms with Crippen molar-refractivity contribution in [3.63, 3.8) is 0 Å². The Hall–Kier alpha value is -6.44. The average molecular weight is 667 g/mol. The van der Waals surface area contributed by atoms with Gasteiger partial charge in [-0.1, -0.05) is 175 Å². The first-order valence-electron chi connectivity index (χ1n) is 29.9. The molecule has 0 atom stereocenters. The summed E-state index contributed by atoms with van der Waals surface area (Å²) in [7, 11) is 0. The Morgan fingerprint density at radius 2 is 0.940 bits per heavy atom. The third-order valence-electron chi connectivity index (χ3n) is 8.22. The van der Waals surface area contributed by atoms with Gasteiger partial charge in [0, 0.05) is 16.3 Å². The number of rotatable bonds is 5. The van der Waals surface area contributed by atoms with E-state index in [1.807, 2.05) is 0 Å². The molecule has 0 N–H and O–H groups in total. The largest absolute Gasteiger partial charge is 0.455 e. The highest BCUT2D eigenvalue weighted by atomic mass is 16.3. The molecule has 0 bridgehead atoms. The number of para-hydroxylation sites is 1. The molecule has 0 radical (unpaired) electrons. The standard InChI is InChI=1S/C49H32O/c1-2-13-33(14-3-1)39-24-12-25-44-48-36(17-11-26-46(48)50-49(39)44)31-45-40-19-6-8-21-42(40)47(43-22-9-7-20-41(43)45)35-29-27-34(28-30-35)38-23-10-16-32-15-4-5-18-37(32)38/h1-30H,31H2/i1D,2D,3D,4D,5D,6D,7D,8D,9D,10D,11D,12D,13D,14D,15D,16D,17D,18D,19D,20D,21D,22D,23D,24D,25D,26D,27D,28D,29D,30D. The first-order valence-corrected chi connectivity index (χ1v) is 14.9. The predicted molar refractivity (Wildman–Crippen MR) is 212 cm³/mol. The van der Waals surface area contributed by atoms with Crippen LogP contribution in [0.3, 0.4) is 0 Å². The van der Waals surface area contributed by atoms with E-state index in [4.69, 9.17) is 31.8 Å². The molecule has 0 unspecified atom stereocenters. The van der Waals surface area contributed by atoms with Crippen LogP contribution in [0.1, 0.15) is 52.2 Å². The van der Waals surface area contributed by atoms with Gasteiger partial charge in [-0.2, -0.15) is 0 Å². The normalized spacial score (nSPS) is 20.1. The zero-order valence-electron chi connectivity index (χ0n) is 55.1. The first kappa shape index (κ1) is 11.6. The number of hydrogen-bond acceptors (Lipinski definition) is 1. The Kier molecular flexibility index (Phi) is 2.69. The van der Waals surface area contributed by atoms with Crippen molar-refractivity contribution >= 4 is 54.3 Å². The van der Waals surface area contributed by atoms with Gasteiger partial charge in [-0.3, -0.25) is 0 Å². The van der Waals surface area contributed by atoms with E-state index in [0.717, 1.165) is 0 Å². The quantitative estimate of drug-likeness (QED) is 0.167. The second kappa shape index (κ2) is 11.6. The monoisotopic (exact) mass is 666 g/mol. The van der Waals surface area contributed by atoms with Gasteiger partial charge in [0.25, 0.3) is 0 Å². The molecule has 0 aliphatic carbocycles. The molecule has 10 aromatic rings. The van der Waals surface area contributed by atoms with Crippen molar-refractivity contribution in [2.24, 2.45) is 0 Å². The van der Waals surface area contributed by atoms with Crippen LogP contribution >= 0.6 is 0 Å². The highest BCUT2D eigenvalue weighted by molar-refractivity contribution is 6.16. The second-order valence-corrected chi connectivity index (χ2v) is 10.9. The van der Waals surface area contributed by atoms with E-state index < -0.39 is 286 Å². The minimum absolute atomic E-state index is 0.430. The van der Waals surface area contributed by atoms with Crippen LogP contribution in [0.15, 0.2) is 186 Å². The molecule has 0 saturated heterocycles. The minimum Gasteiger partial charge on any atom is -0.455 e. The van der Waals surface area contributed by atoms with Gasteiger partial charge in [-0.15, -0.1) is 0 Å². The van der Waals surface area contributed by atoms with Crippen molar-refractivity contribution in [1.29, 1.82) is 0 Å². The van der Waals surface area contributed by atoms with Crippen molar-refractivity contribution in [1.82, 2.24) is 0 Å². The van der Waals surface area contributed by atoms with Gasteiger partial charge in [-0.25, -0.2) is 0 Å². The van der Waals surface area contributed by atoms with Crippen molar-refractivity contribution in [2.45, 2.75) is 6.42 Å². The smallest absolute Gasteiger partial charge is 0.143 e. The molecule has 1 heterocycles. The molecule has 10 rings (SSSR count). The molecule has 0 aliphatic heterocycles. The van der Waals surface area contributed by atoms with E-state index in [-0.39, 0.29) is 0 Å². The fourth-order valence-electron chi connectivity index (χ4n) is 6.09. The zero-order valence-corrected chi connectivity index (χ0v) is 25.1. The Balaban J connectivity index is 1.40. The third kappa shape index (κ3) is 4.55. The average Bonchev–Trinajstić information content (AvgIpc) is 3.93. The third-order valence-corrected chi connectivity index (χ3v) is 8.22. The van der Waals surface area contributed by atoms with Gasteiger partial charge in [0.2, 0.25) is 0 Å². The molecule has 50 heavy (non-hydrogen) atoms. The summed E-state index contributed by atoms with van der Waals surface area (Å²) >= 11 is 0. The molecule has 0 fully saturated rings. The molecule has 0 saturated carbocycles. The van der Waals surface area contributed by atoms with E-state index in [1.54, 1.807) is 0 Å². The summed E-state index contributed by atoms with van der Waals surface area (Å²) in [4.78, 5) is 0. The molecule has 1 heteroatoms. The summed E-state index contributed by atoms with van der Waals surface area (Å²) in [5.41, 5.74) is -6.52. The lowest BCUT2D eigenvalue weighted by Crippen LogP contribution is -1.96. The van der Waals surface area contributed by atoms with Crippen LogP contribution in [0.2, 0.25) is 0 Å². The second-order valence-electron chi connectivity index (χ2n) is 10.9. The van der Waals surface area contributed by atoms with Crippen molar-refractivity contribution in [3.05, 3.63) is 192 Å². The Bertz CT molecular complexity index is 4470. The maximum Gasteiger partial charge on any atom is 0.143 e. The van der Waals surface area contributed by atoms with Gasteiger partial charge in [0.05, 0.1) is 41.1 Å². The van der Waals surface area contributed by atoms with E-state index >= 15 is 0 Å². The Morgan fingerprint density at radius 1 is 0.400 bits per heavy atom. The number of furan rings is 1. The van der Waals surface area contributed by atoms with E-state index in [1.165, 1.54) is 0 Å². The summed E-state index contributed by atoms with van der Waals surface area (Å²) in [6.45, 7) is 0. The van der Waals surface area contributed by atoms with Gasteiger partial charge in [-0.05, 0) is 83.7 Å². The summed E-state index contributed by atoms with van der Waals surface area (Å²) in [6, 6.07) is -27.4. The van der Waals surface area contributed by atoms with Crippen LogP contribution in [0.5, 0.6) is 0 Å². The SMILES string of the molecule is [2H]c1c([2H])c([2H])c(-c2c([2H])c([2H])c([2H])c3c2oc2c([2H])c([2H])c([2H])c(Cc4c5c([2H])c([2H])c([2H])c([2H])c5c(-c5c([2H])c([2H])c(-c6c([2H])c([2H])c([2H])c7c([2H])c([2H])c([2H])c([2H])c67)c([2H])c5[2H])c5c([2H])c([2H])c([2H])c([2H])c45)c23)c([2H])c1[2H]. The van der Waals surface area contributed by atoms with E-state index in [2.05, 4.69) is 0 Å². The summed E-state index contributed by atoms with van der Waals surface area (Å²) in [5, 5.41) is -4.74. The zero-order chi connectivity index (χ0) is 59.1. The molecular weight excluding hydrogens is 605 g/mol. The van der Waals surface area contributed by atoms with E-state index in [9.17, 15) is 13.7 Å². The maximum atomic E-state index is 9.60. The fourth-order valence-corrected chi connectivity index (χ4v) is 6.09. The van der Waals surface area contributed by atoms with Crippen LogP contribution in [-0.4, -0.2) is 0 Å². The first-order chi connectivity index (χ1) is 37.3. The summed E-state index contributed by atoms with van der Waals surface area (Å²) in [6.07, 6.45) is -0.937. The molecule has 234 valence electrons. The number of benzene rings is 9. The lowest BCUT2D eigenvalue weighted by atomic mass is 9.85. The van der Waals surface area contributed by atoms with Gasteiger partial charge < -0.3 is 4.42 Å². The summed E-state index contributed by atoms with van der Waals surface area (Å²) in [5.74, 6) is 0. The van der Waals surface area contributed by atoms with Gasteiger partial charge in [0.15, 0.2) is 0 Å². The predicted octanol–water partition coefficient (Wildman–Crippen LogP) is 13.6. The lowest BCUT2D eigenvalue weighted by molar-refractivity contribution is 0.670. The molecular formula is C49H32O. The van der Waals surface area contributed by atoms with Gasteiger partial charge >= 0.3 is 0 Å². The molecule has 1 aromatic heterocycles. The lowest BCUT2D eigenvalue weighted by Gasteiger charge is -2.18. The van der Waals surface area contributed by atoms with Crippen LogP contribution in [0.25, 0.3) is 87.6 Å². The fraction of sp³-hybridized carbons (Fsp3) is 0.0204. The highest BCUT2D eigenvalue weighted by Crippen LogP contribution is 2.43. The molecule has 0 aliphatic rings. The van der Waals surface area contributed by atoms with Crippen LogP contribution in [0.4, 0.5) is 0 Å². The van der Waals surface area contributed by atoms with Crippen LogP contribution < -0.4 is 0 Å². The maximum absolute atomic E-state index is 9.60. The molecule has 9 aromatic carbocycles. The van der Waals surface area contributed by atoms with Crippen LogP contribution in [-0.2, 0) is 6.42 Å². The van der Waals surface area contributed by atoms with Gasteiger partial charge in [0.1, 0.15) is 11.2 Å². The highest BCUT2D eigenvalue weighted by Gasteiger charge is 2.19. The van der Waals surface area contributed by atoms with Crippen molar-refractivity contribution in [2.75, 3.05) is 0 Å². The summed E-state index contributed by atoms with van der Waals surface area (Å²) < 4.78 is 275. The number of hydrogen-bond donors (Lipinski definition) is 0. The van der Waals surface area contributed by atoms with E-state index in [0.29, 0.717) is 0 Å². The molecule has 1 nitrogen and oxygen atoms in total. The molecule has 0 amide bonds.